The number of hydrogen-bond donors (Lipinski definition) is 1. The zero-order valence-electron chi connectivity index (χ0n) is 13.8. The third kappa shape index (κ3) is 4.74. The number of aromatic nitrogens is 2. The molecule has 2 aromatic rings. The molecule has 1 N–H and O–H groups in total. The number of halogens is 3. The van der Waals surface area contributed by atoms with Crippen molar-refractivity contribution in [3.8, 4) is 17.5 Å². The Hall–Kier alpha value is -2.58. The minimum absolute atomic E-state index is 0.103. The molecule has 1 heterocycles. The molecule has 26 heavy (non-hydrogen) atoms. The largest absolute Gasteiger partial charge is 0.439 e. The second kappa shape index (κ2) is 7.76. The Balaban J connectivity index is 1.48. The first-order chi connectivity index (χ1) is 12.4. The number of nitrogens with zero attached hydrogens (tertiary/aromatic N) is 2. The fourth-order valence-corrected chi connectivity index (χ4v) is 2.98. The molecular weight excluding hydrogens is 351 g/mol. The first kappa shape index (κ1) is 18.2. The van der Waals surface area contributed by atoms with Crippen LogP contribution in [0.25, 0.3) is 11.5 Å². The lowest BCUT2D eigenvalue weighted by molar-refractivity contribution is -0.184. The van der Waals surface area contributed by atoms with Crippen molar-refractivity contribution in [2.24, 2.45) is 5.92 Å². The number of benzene rings is 1. The van der Waals surface area contributed by atoms with Crippen molar-refractivity contribution in [1.82, 2.24) is 15.5 Å². The Morgan fingerprint density at radius 3 is 2.73 bits per heavy atom. The van der Waals surface area contributed by atoms with Crippen LogP contribution < -0.4 is 10.1 Å². The van der Waals surface area contributed by atoms with E-state index in [-0.39, 0.29) is 24.8 Å². The molecule has 3 rings (SSSR count). The fourth-order valence-electron chi connectivity index (χ4n) is 2.98. The van der Waals surface area contributed by atoms with E-state index in [4.69, 9.17) is 9.15 Å². The molecule has 1 aromatic carbocycles. The van der Waals surface area contributed by atoms with Crippen molar-refractivity contribution in [3.05, 3.63) is 30.3 Å². The van der Waals surface area contributed by atoms with Crippen molar-refractivity contribution in [3.63, 3.8) is 0 Å². The average molecular weight is 369 g/mol. The molecule has 1 aliphatic carbocycles. The van der Waals surface area contributed by atoms with Crippen LogP contribution in [-0.4, -0.2) is 34.9 Å². The lowest BCUT2D eigenvalue weighted by Crippen LogP contribution is -2.43. The molecule has 1 aromatic heterocycles. The predicted molar refractivity (Wildman–Crippen MR) is 85.2 cm³/mol. The van der Waals surface area contributed by atoms with Gasteiger partial charge in [0.25, 0.3) is 11.8 Å². The number of alkyl halides is 3. The number of ether oxygens (including phenoxy) is 1. The number of carbonyl (C=O) groups is 1. The highest BCUT2D eigenvalue weighted by Gasteiger charge is 2.42. The van der Waals surface area contributed by atoms with Crippen LogP contribution in [0.3, 0.4) is 0 Å². The van der Waals surface area contributed by atoms with Gasteiger partial charge in [0.2, 0.25) is 0 Å². The van der Waals surface area contributed by atoms with E-state index in [0.717, 1.165) is 0 Å². The molecule has 2 atom stereocenters. The van der Waals surface area contributed by atoms with Crippen LogP contribution >= 0.6 is 0 Å². The quantitative estimate of drug-likeness (QED) is 0.875. The topological polar surface area (TPSA) is 77.2 Å². The Kier molecular flexibility index (Phi) is 5.43. The van der Waals surface area contributed by atoms with Crippen LogP contribution in [0.2, 0.25) is 0 Å². The highest BCUT2D eigenvalue weighted by atomic mass is 19.4. The monoisotopic (exact) mass is 369 g/mol. The molecule has 140 valence electrons. The van der Waals surface area contributed by atoms with E-state index in [1.165, 1.54) is 0 Å². The van der Waals surface area contributed by atoms with Gasteiger partial charge in [-0.05, 0) is 31.4 Å². The highest BCUT2D eigenvalue weighted by Crippen LogP contribution is 2.37. The number of rotatable bonds is 5. The van der Waals surface area contributed by atoms with E-state index in [1.54, 1.807) is 12.1 Å². The smallest absolute Gasteiger partial charge is 0.415 e. The van der Waals surface area contributed by atoms with Gasteiger partial charge in [0, 0.05) is 11.6 Å². The van der Waals surface area contributed by atoms with Crippen molar-refractivity contribution in [1.29, 1.82) is 0 Å². The van der Waals surface area contributed by atoms with Crippen LogP contribution in [0.5, 0.6) is 6.08 Å². The fraction of sp³-hybridized carbons (Fsp3) is 0.471. The third-order valence-electron chi connectivity index (χ3n) is 4.26. The zero-order valence-corrected chi connectivity index (χ0v) is 13.8. The molecule has 0 radical (unpaired) electrons. The Labute approximate surface area is 147 Å². The lowest BCUT2D eigenvalue weighted by Gasteiger charge is -2.30. The third-order valence-corrected chi connectivity index (χ3v) is 4.26. The maximum absolute atomic E-state index is 12.8. The van der Waals surface area contributed by atoms with Gasteiger partial charge in [-0.25, -0.2) is 0 Å². The van der Waals surface area contributed by atoms with E-state index < -0.39 is 30.7 Å². The molecule has 1 aliphatic rings. The van der Waals surface area contributed by atoms with Crippen molar-refractivity contribution < 1.29 is 27.1 Å². The molecule has 6 nitrogen and oxygen atoms in total. The molecule has 0 spiro atoms. The van der Waals surface area contributed by atoms with E-state index in [2.05, 4.69) is 15.5 Å². The van der Waals surface area contributed by atoms with Gasteiger partial charge in [0.15, 0.2) is 6.61 Å². The van der Waals surface area contributed by atoms with Crippen molar-refractivity contribution in [2.75, 3.05) is 6.61 Å². The second-order valence-electron chi connectivity index (χ2n) is 6.20. The molecular formula is C17H18F3N3O3. The van der Waals surface area contributed by atoms with E-state index >= 15 is 0 Å². The summed E-state index contributed by atoms with van der Waals surface area (Å²) in [5, 5.41) is 10.1. The molecule has 9 heteroatoms. The zero-order chi connectivity index (χ0) is 18.6. The van der Waals surface area contributed by atoms with Gasteiger partial charge in [0.1, 0.15) is 0 Å². The minimum atomic E-state index is -4.22. The number of carbonyl (C=O) groups excluding carboxylic acids is 1. The average Bonchev–Trinajstić information content (AvgIpc) is 3.09. The van der Waals surface area contributed by atoms with Gasteiger partial charge < -0.3 is 14.5 Å². The minimum Gasteiger partial charge on any atom is -0.439 e. The summed E-state index contributed by atoms with van der Waals surface area (Å²) in [5.41, 5.74) is 0.708. The van der Waals surface area contributed by atoms with E-state index in [1.807, 2.05) is 18.2 Å². The number of amides is 1. The molecule has 0 aliphatic heterocycles. The van der Waals surface area contributed by atoms with E-state index in [0.29, 0.717) is 18.4 Å². The summed E-state index contributed by atoms with van der Waals surface area (Å²) in [7, 11) is 0. The summed E-state index contributed by atoms with van der Waals surface area (Å²) < 4.78 is 48.8. The van der Waals surface area contributed by atoms with Crippen molar-refractivity contribution in [2.45, 2.75) is 37.9 Å². The van der Waals surface area contributed by atoms with Gasteiger partial charge >= 0.3 is 12.3 Å². The van der Waals surface area contributed by atoms with Gasteiger partial charge in [-0.15, -0.1) is 5.10 Å². The SMILES string of the molecule is O=C(COc1nnc(-c2ccccc2)o1)N[C@H]1CCC[C@@H](C(F)(F)F)C1. The first-order valence-electron chi connectivity index (χ1n) is 8.29. The highest BCUT2D eigenvalue weighted by molar-refractivity contribution is 5.77. The molecule has 0 unspecified atom stereocenters. The van der Waals surface area contributed by atoms with Crippen LogP contribution in [-0.2, 0) is 4.79 Å². The summed E-state index contributed by atoms with van der Waals surface area (Å²) in [6.07, 6.45) is -3.44. The first-order valence-corrected chi connectivity index (χ1v) is 8.29. The molecule has 1 fully saturated rings. The van der Waals surface area contributed by atoms with Gasteiger partial charge in [0.05, 0.1) is 5.92 Å². The Morgan fingerprint density at radius 1 is 1.23 bits per heavy atom. The second-order valence-corrected chi connectivity index (χ2v) is 6.20. The molecule has 1 amide bonds. The standard InChI is InChI=1S/C17H18F3N3O3/c18-17(19,20)12-7-4-8-13(9-12)21-14(24)10-25-16-23-22-15(26-16)11-5-2-1-3-6-11/h1-3,5-6,12-13H,4,7-10H2,(H,21,24)/t12-,13+/m1/s1. The maximum Gasteiger partial charge on any atom is 0.415 e. The van der Waals surface area contributed by atoms with Gasteiger partial charge in [-0.3, -0.25) is 4.79 Å². The van der Waals surface area contributed by atoms with Gasteiger partial charge in [-0.2, -0.15) is 13.2 Å². The number of hydrogen-bond acceptors (Lipinski definition) is 5. The van der Waals surface area contributed by atoms with Gasteiger partial charge in [-0.1, -0.05) is 29.7 Å². The summed E-state index contributed by atoms with van der Waals surface area (Å²) in [6.45, 7) is -0.399. The lowest BCUT2D eigenvalue weighted by atomic mass is 9.85. The van der Waals surface area contributed by atoms with Crippen LogP contribution in [0, 0.1) is 5.92 Å². The number of nitrogens with one attached hydrogen (secondary N) is 1. The molecule has 1 saturated carbocycles. The van der Waals surface area contributed by atoms with E-state index in [9.17, 15) is 18.0 Å². The van der Waals surface area contributed by atoms with Crippen LogP contribution in [0.4, 0.5) is 13.2 Å². The Morgan fingerprint density at radius 2 is 2.00 bits per heavy atom. The summed E-state index contributed by atoms with van der Waals surface area (Å²) in [5.74, 6) is -1.63. The summed E-state index contributed by atoms with van der Waals surface area (Å²) >= 11 is 0. The Bertz CT molecular complexity index is 734. The van der Waals surface area contributed by atoms with Crippen molar-refractivity contribution >= 4 is 5.91 Å². The summed E-state index contributed by atoms with van der Waals surface area (Å²) in [4.78, 5) is 11.9. The molecule has 0 saturated heterocycles. The van der Waals surface area contributed by atoms with Crippen LogP contribution in [0.1, 0.15) is 25.7 Å². The summed E-state index contributed by atoms with van der Waals surface area (Å²) in [6, 6.07) is 8.52. The normalized spacial score (nSPS) is 20.6. The maximum atomic E-state index is 12.8. The van der Waals surface area contributed by atoms with Crippen LogP contribution in [0.15, 0.2) is 34.7 Å². The molecule has 0 bridgehead atoms. The predicted octanol–water partition coefficient (Wildman–Crippen LogP) is 3.35.